The predicted molar refractivity (Wildman–Crippen MR) is 82.8 cm³/mol. The Morgan fingerprint density at radius 3 is 2.55 bits per heavy atom. The molecule has 0 fully saturated rings. The minimum absolute atomic E-state index is 0.00611. The lowest BCUT2D eigenvalue weighted by Gasteiger charge is -2.08. The summed E-state index contributed by atoms with van der Waals surface area (Å²) in [7, 11) is -3.48. The molecule has 1 aromatic heterocycles. The zero-order valence-electron chi connectivity index (χ0n) is 11.8. The third-order valence-corrected chi connectivity index (χ3v) is 4.06. The molecule has 0 aliphatic heterocycles. The average Bonchev–Trinajstić information content (AvgIpc) is 2.99. The summed E-state index contributed by atoms with van der Waals surface area (Å²) in [5.74, 6) is 0.314. The molecule has 2 aromatic rings. The van der Waals surface area contributed by atoms with Crippen molar-refractivity contribution < 1.29 is 17.6 Å². The Morgan fingerprint density at radius 2 is 1.86 bits per heavy atom. The standard InChI is InChI=1S/C14H17N3O4S/c18-14(17-12-5-2-1-3-6-12)15-8-10-22(19,20)16-11-13-7-4-9-21-13/h1-7,9,16H,8,10-11H2,(H2,15,17,18). The highest BCUT2D eigenvalue weighted by Gasteiger charge is 2.11. The van der Waals surface area contributed by atoms with Gasteiger partial charge >= 0.3 is 6.03 Å². The second-order valence-corrected chi connectivity index (χ2v) is 6.39. The van der Waals surface area contributed by atoms with E-state index in [2.05, 4.69) is 15.4 Å². The minimum atomic E-state index is -3.48. The van der Waals surface area contributed by atoms with E-state index in [-0.39, 0.29) is 18.8 Å². The van der Waals surface area contributed by atoms with Crippen LogP contribution in [0.2, 0.25) is 0 Å². The van der Waals surface area contributed by atoms with E-state index in [1.165, 1.54) is 6.26 Å². The maximum atomic E-state index is 11.7. The number of para-hydroxylation sites is 1. The maximum Gasteiger partial charge on any atom is 0.319 e. The van der Waals surface area contributed by atoms with E-state index in [1.807, 2.05) is 6.07 Å². The normalized spacial score (nSPS) is 11.1. The molecule has 0 spiro atoms. The van der Waals surface area contributed by atoms with Gasteiger partial charge in [0.15, 0.2) is 0 Å². The van der Waals surface area contributed by atoms with E-state index in [4.69, 9.17) is 4.42 Å². The van der Waals surface area contributed by atoms with Gasteiger partial charge in [-0.1, -0.05) is 18.2 Å². The first kappa shape index (κ1) is 16.1. The fraction of sp³-hybridized carbons (Fsp3) is 0.214. The van der Waals surface area contributed by atoms with Gasteiger partial charge in [-0.05, 0) is 24.3 Å². The third kappa shape index (κ3) is 5.58. The van der Waals surface area contributed by atoms with E-state index in [9.17, 15) is 13.2 Å². The smallest absolute Gasteiger partial charge is 0.319 e. The van der Waals surface area contributed by atoms with Gasteiger partial charge in [0.2, 0.25) is 10.0 Å². The Morgan fingerprint density at radius 1 is 1.09 bits per heavy atom. The summed E-state index contributed by atoms with van der Waals surface area (Å²) < 4.78 is 30.9. The highest BCUT2D eigenvalue weighted by Crippen LogP contribution is 2.04. The van der Waals surface area contributed by atoms with Crippen LogP contribution < -0.4 is 15.4 Å². The summed E-state index contributed by atoms with van der Waals surface area (Å²) in [5, 5.41) is 5.09. The van der Waals surface area contributed by atoms with Gasteiger partial charge in [0.25, 0.3) is 0 Å². The van der Waals surface area contributed by atoms with Gasteiger partial charge in [-0.2, -0.15) is 0 Å². The number of furan rings is 1. The molecule has 0 unspecified atom stereocenters. The summed E-state index contributed by atoms with van der Waals surface area (Å²) >= 11 is 0. The van der Waals surface area contributed by atoms with Crippen molar-refractivity contribution in [1.82, 2.24) is 10.0 Å². The first-order chi connectivity index (χ1) is 10.6. The SMILES string of the molecule is O=C(NCCS(=O)(=O)NCc1ccco1)Nc1ccccc1. The van der Waals surface area contributed by atoms with Crippen LogP contribution in [0.25, 0.3) is 0 Å². The summed E-state index contributed by atoms with van der Waals surface area (Å²) in [6.07, 6.45) is 1.47. The Bertz CT molecular complexity index is 684. The molecule has 7 nitrogen and oxygen atoms in total. The van der Waals surface area contributed by atoms with Crippen LogP contribution in [0.4, 0.5) is 10.5 Å². The number of anilines is 1. The monoisotopic (exact) mass is 323 g/mol. The molecule has 0 bridgehead atoms. The van der Waals surface area contributed by atoms with Gasteiger partial charge in [-0.15, -0.1) is 0 Å². The largest absolute Gasteiger partial charge is 0.468 e. The molecule has 22 heavy (non-hydrogen) atoms. The summed E-state index contributed by atoms with van der Waals surface area (Å²) in [6.45, 7) is 0.0949. The van der Waals surface area contributed by atoms with Crippen LogP contribution in [-0.2, 0) is 16.6 Å². The van der Waals surface area contributed by atoms with Crippen LogP contribution in [-0.4, -0.2) is 26.7 Å². The van der Waals surface area contributed by atoms with Crippen LogP contribution in [0.5, 0.6) is 0 Å². The van der Waals surface area contributed by atoms with Gasteiger partial charge in [0, 0.05) is 12.2 Å². The third-order valence-electron chi connectivity index (χ3n) is 2.73. The van der Waals surface area contributed by atoms with Crippen LogP contribution in [0.3, 0.4) is 0 Å². The number of sulfonamides is 1. The molecule has 3 N–H and O–H groups in total. The maximum absolute atomic E-state index is 11.7. The quantitative estimate of drug-likeness (QED) is 0.719. The van der Waals surface area contributed by atoms with Crippen molar-refractivity contribution in [3.05, 3.63) is 54.5 Å². The molecule has 2 rings (SSSR count). The van der Waals surface area contributed by atoms with Crippen molar-refractivity contribution in [2.24, 2.45) is 0 Å². The fourth-order valence-electron chi connectivity index (χ4n) is 1.66. The van der Waals surface area contributed by atoms with Gasteiger partial charge in [0.1, 0.15) is 5.76 Å². The highest BCUT2D eigenvalue weighted by atomic mass is 32.2. The fourth-order valence-corrected chi connectivity index (χ4v) is 2.54. The number of nitrogens with one attached hydrogen (secondary N) is 3. The zero-order chi connectivity index (χ0) is 15.8. The molecule has 2 amide bonds. The Labute approximate surface area is 128 Å². The zero-order valence-corrected chi connectivity index (χ0v) is 12.6. The van der Waals surface area contributed by atoms with Crippen LogP contribution in [0, 0.1) is 0 Å². The Kier molecular flexibility index (Phi) is 5.56. The molecular weight excluding hydrogens is 306 g/mol. The van der Waals surface area contributed by atoms with Crippen molar-refractivity contribution in [3.63, 3.8) is 0 Å². The number of urea groups is 1. The molecule has 8 heteroatoms. The number of rotatable bonds is 7. The topological polar surface area (TPSA) is 100 Å². The molecule has 1 heterocycles. The lowest BCUT2D eigenvalue weighted by molar-refractivity contribution is 0.252. The van der Waals surface area contributed by atoms with Crippen molar-refractivity contribution in [2.75, 3.05) is 17.6 Å². The van der Waals surface area contributed by atoms with Gasteiger partial charge in [-0.3, -0.25) is 0 Å². The number of hydrogen-bond donors (Lipinski definition) is 3. The Balaban J connectivity index is 1.69. The van der Waals surface area contributed by atoms with Crippen LogP contribution in [0.1, 0.15) is 5.76 Å². The predicted octanol–water partition coefficient (Wildman–Crippen LogP) is 1.52. The van der Waals surface area contributed by atoms with E-state index in [0.717, 1.165) is 0 Å². The van der Waals surface area contributed by atoms with Crippen LogP contribution >= 0.6 is 0 Å². The molecular formula is C14H17N3O4S. The van der Waals surface area contributed by atoms with E-state index in [1.54, 1.807) is 36.4 Å². The number of amides is 2. The van der Waals surface area contributed by atoms with Gasteiger partial charge in [-0.25, -0.2) is 17.9 Å². The van der Waals surface area contributed by atoms with E-state index >= 15 is 0 Å². The average molecular weight is 323 g/mol. The van der Waals surface area contributed by atoms with Crippen molar-refractivity contribution in [2.45, 2.75) is 6.54 Å². The lowest BCUT2D eigenvalue weighted by atomic mass is 10.3. The number of carbonyl (C=O) groups excluding carboxylic acids is 1. The van der Waals surface area contributed by atoms with Crippen molar-refractivity contribution in [3.8, 4) is 0 Å². The molecule has 0 aliphatic carbocycles. The summed E-state index contributed by atoms with van der Waals surface area (Å²) in [4.78, 5) is 11.6. The number of hydrogen-bond acceptors (Lipinski definition) is 4. The molecule has 118 valence electrons. The molecule has 0 saturated heterocycles. The second-order valence-electron chi connectivity index (χ2n) is 4.47. The number of carbonyl (C=O) groups is 1. The second kappa shape index (κ2) is 7.62. The summed E-state index contributed by atoms with van der Waals surface area (Å²) in [6, 6.07) is 11.8. The van der Waals surface area contributed by atoms with Gasteiger partial charge in [0.05, 0.1) is 18.6 Å². The highest BCUT2D eigenvalue weighted by molar-refractivity contribution is 7.89. The summed E-state index contributed by atoms with van der Waals surface area (Å²) in [5.41, 5.74) is 0.638. The lowest BCUT2D eigenvalue weighted by Crippen LogP contribution is -2.36. The number of benzene rings is 1. The molecule has 0 radical (unpaired) electrons. The molecule has 0 aliphatic rings. The van der Waals surface area contributed by atoms with E-state index in [0.29, 0.717) is 11.4 Å². The van der Waals surface area contributed by atoms with Crippen molar-refractivity contribution in [1.29, 1.82) is 0 Å². The van der Waals surface area contributed by atoms with Gasteiger partial charge < -0.3 is 15.1 Å². The Hall–Kier alpha value is -2.32. The van der Waals surface area contributed by atoms with Crippen LogP contribution in [0.15, 0.2) is 53.1 Å². The first-order valence-electron chi connectivity index (χ1n) is 6.65. The van der Waals surface area contributed by atoms with E-state index < -0.39 is 16.1 Å². The van der Waals surface area contributed by atoms with Crippen molar-refractivity contribution >= 4 is 21.7 Å². The molecule has 0 atom stereocenters. The molecule has 0 saturated carbocycles. The minimum Gasteiger partial charge on any atom is -0.468 e. The molecule has 1 aromatic carbocycles. The first-order valence-corrected chi connectivity index (χ1v) is 8.30.